The molecule has 0 fully saturated rings. The zero-order valence-corrected chi connectivity index (χ0v) is 12.2. The summed E-state index contributed by atoms with van der Waals surface area (Å²) >= 11 is 0. The lowest BCUT2D eigenvalue weighted by Gasteiger charge is -2.04. The van der Waals surface area contributed by atoms with E-state index in [1.807, 2.05) is 6.92 Å². The lowest BCUT2D eigenvalue weighted by molar-refractivity contribution is 0.102. The first-order valence-corrected chi connectivity index (χ1v) is 7.09. The number of nitrogens with zero attached hydrogens (tertiary/aromatic N) is 1. The molecule has 0 bridgehead atoms. The maximum Gasteiger partial charge on any atom is 0.277 e. The van der Waals surface area contributed by atoms with E-state index in [1.54, 1.807) is 18.2 Å². The summed E-state index contributed by atoms with van der Waals surface area (Å²) in [5.41, 5.74) is 6.70. The molecule has 1 atom stereocenters. The molecule has 0 saturated heterocycles. The van der Waals surface area contributed by atoms with Crippen LogP contribution in [0.3, 0.4) is 0 Å². The lowest BCUT2D eigenvalue weighted by Crippen LogP contribution is -2.14. The van der Waals surface area contributed by atoms with Crippen LogP contribution in [0.4, 0.5) is 5.69 Å². The molecule has 2 aromatic rings. The SMILES string of the molecule is CCCC(N)c1nc(C(=O)Nc2ccc3c(c2)OCO3)co1. The van der Waals surface area contributed by atoms with Crippen molar-refractivity contribution in [2.45, 2.75) is 25.8 Å². The summed E-state index contributed by atoms with van der Waals surface area (Å²) < 4.78 is 15.8. The summed E-state index contributed by atoms with van der Waals surface area (Å²) in [6, 6.07) is 4.87. The highest BCUT2D eigenvalue weighted by atomic mass is 16.7. The Balaban J connectivity index is 1.69. The van der Waals surface area contributed by atoms with E-state index in [-0.39, 0.29) is 24.4 Å². The number of ether oxygens (including phenoxy) is 2. The molecule has 0 saturated carbocycles. The van der Waals surface area contributed by atoms with Crippen molar-refractivity contribution in [2.75, 3.05) is 12.1 Å². The smallest absolute Gasteiger partial charge is 0.277 e. The topological polar surface area (TPSA) is 99.6 Å². The van der Waals surface area contributed by atoms with Crippen LogP contribution in [0.2, 0.25) is 0 Å². The minimum absolute atomic E-state index is 0.189. The van der Waals surface area contributed by atoms with Gasteiger partial charge in [0.2, 0.25) is 12.7 Å². The van der Waals surface area contributed by atoms with Gasteiger partial charge in [0.15, 0.2) is 17.2 Å². The Labute approximate surface area is 127 Å². The van der Waals surface area contributed by atoms with Gasteiger partial charge in [-0.2, -0.15) is 0 Å². The molecule has 1 aliphatic heterocycles. The van der Waals surface area contributed by atoms with Crippen molar-refractivity contribution >= 4 is 11.6 Å². The summed E-state index contributed by atoms with van der Waals surface area (Å²) in [7, 11) is 0. The predicted molar refractivity (Wildman–Crippen MR) is 78.9 cm³/mol. The van der Waals surface area contributed by atoms with Crippen LogP contribution in [0.1, 0.15) is 42.2 Å². The van der Waals surface area contributed by atoms with Crippen LogP contribution in [0.25, 0.3) is 0 Å². The van der Waals surface area contributed by atoms with E-state index in [1.165, 1.54) is 6.26 Å². The van der Waals surface area contributed by atoms with Gasteiger partial charge < -0.3 is 24.9 Å². The highest BCUT2D eigenvalue weighted by Crippen LogP contribution is 2.34. The van der Waals surface area contributed by atoms with E-state index in [4.69, 9.17) is 19.6 Å². The number of rotatable bonds is 5. The van der Waals surface area contributed by atoms with Crippen LogP contribution in [0.5, 0.6) is 11.5 Å². The fraction of sp³-hybridized carbons (Fsp3) is 0.333. The number of amides is 1. The molecule has 2 heterocycles. The molecule has 1 aromatic carbocycles. The standard InChI is InChI=1S/C15H17N3O4/c1-2-3-10(16)15-18-11(7-20-15)14(19)17-9-4-5-12-13(6-9)22-8-21-12/h4-7,10H,2-3,8,16H2,1H3,(H,17,19). The van der Waals surface area contributed by atoms with Crippen molar-refractivity contribution in [2.24, 2.45) is 5.73 Å². The Bertz CT molecular complexity index is 683. The number of hydrogen-bond acceptors (Lipinski definition) is 6. The van der Waals surface area contributed by atoms with Gasteiger partial charge in [-0.25, -0.2) is 4.98 Å². The molecule has 3 rings (SSSR count). The summed E-state index contributed by atoms with van der Waals surface area (Å²) in [5, 5.41) is 2.73. The Morgan fingerprint density at radius 1 is 1.41 bits per heavy atom. The van der Waals surface area contributed by atoms with Gasteiger partial charge in [-0.1, -0.05) is 13.3 Å². The van der Waals surface area contributed by atoms with Gasteiger partial charge in [0.05, 0.1) is 6.04 Å². The number of oxazole rings is 1. The molecular formula is C15H17N3O4. The van der Waals surface area contributed by atoms with Crippen LogP contribution >= 0.6 is 0 Å². The van der Waals surface area contributed by atoms with Crippen molar-refractivity contribution in [3.05, 3.63) is 36.0 Å². The van der Waals surface area contributed by atoms with Crippen LogP contribution in [0.15, 0.2) is 28.9 Å². The van der Waals surface area contributed by atoms with E-state index < -0.39 is 0 Å². The maximum atomic E-state index is 12.2. The number of hydrogen-bond donors (Lipinski definition) is 2. The summed E-state index contributed by atoms with van der Waals surface area (Å²) in [6.07, 6.45) is 2.99. The summed E-state index contributed by atoms with van der Waals surface area (Å²) in [4.78, 5) is 16.3. The number of carbonyl (C=O) groups is 1. The van der Waals surface area contributed by atoms with E-state index >= 15 is 0 Å². The molecule has 1 unspecified atom stereocenters. The quantitative estimate of drug-likeness (QED) is 0.880. The third kappa shape index (κ3) is 2.89. The van der Waals surface area contributed by atoms with E-state index in [9.17, 15) is 4.79 Å². The molecule has 3 N–H and O–H groups in total. The molecule has 7 heteroatoms. The van der Waals surface area contributed by atoms with Gasteiger partial charge in [-0.15, -0.1) is 0 Å². The van der Waals surface area contributed by atoms with Crippen molar-refractivity contribution in [1.29, 1.82) is 0 Å². The van der Waals surface area contributed by atoms with Crippen molar-refractivity contribution in [3.63, 3.8) is 0 Å². The second-order valence-corrected chi connectivity index (χ2v) is 4.99. The largest absolute Gasteiger partial charge is 0.454 e. The van der Waals surface area contributed by atoms with E-state index in [0.29, 0.717) is 23.1 Å². The number of benzene rings is 1. The van der Waals surface area contributed by atoms with Gasteiger partial charge >= 0.3 is 0 Å². The monoisotopic (exact) mass is 303 g/mol. The second kappa shape index (κ2) is 6.07. The molecule has 0 aliphatic carbocycles. The summed E-state index contributed by atoms with van der Waals surface area (Å²) in [5.74, 6) is 1.27. The first kappa shape index (κ1) is 14.4. The summed E-state index contributed by atoms with van der Waals surface area (Å²) in [6.45, 7) is 2.21. The fourth-order valence-corrected chi connectivity index (χ4v) is 2.17. The molecule has 1 aliphatic rings. The van der Waals surface area contributed by atoms with E-state index in [2.05, 4.69) is 10.3 Å². The molecule has 116 valence electrons. The van der Waals surface area contributed by atoms with Gasteiger partial charge in [0.1, 0.15) is 6.26 Å². The first-order chi connectivity index (χ1) is 10.7. The lowest BCUT2D eigenvalue weighted by atomic mass is 10.2. The van der Waals surface area contributed by atoms with Crippen LogP contribution in [0, 0.1) is 0 Å². The molecule has 1 aromatic heterocycles. The maximum absolute atomic E-state index is 12.2. The molecule has 22 heavy (non-hydrogen) atoms. The normalized spacial score (nSPS) is 13.9. The minimum Gasteiger partial charge on any atom is -0.454 e. The Morgan fingerprint density at radius 3 is 3.05 bits per heavy atom. The van der Waals surface area contributed by atoms with Crippen LogP contribution < -0.4 is 20.5 Å². The fourth-order valence-electron chi connectivity index (χ4n) is 2.17. The highest BCUT2D eigenvalue weighted by Gasteiger charge is 2.18. The zero-order valence-electron chi connectivity index (χ0n) is 12.2. The Kier molecular flexibility index (Phi) is 3.97. The van der Waals surface area contributed by atoms with E-state index in [0.717, 1.165) is 12.8 Å². The van der Waals surface area contributed by atoms with Gasteiger partial charge in [0.25, 0.3) is 5.91 Å². The Morgan fingerprint density at radius 2 is 2.23 bits per heavy atom. The average molecular weight is 303 g/mol. The average Bonchev–Trinajstić information content (AvgIpc) is 3.16. The number of carbonyl (C=O) groups excluding carboxylic acids is 1. The van der Waals surface area contributed by atoms with Crippen LogP contribution in [-0.4, -0.2) is 17.7 Å². The molecule has 0 radical (unpaired) electrons. The second-order valence-electron chi connectivity index (χ2n) is 4.99. The predicted octanol–water partition coefficient (Wildman–Crippen LogP) is 2.46. The Hall–Kier alpha value is -2.54. The van der Waals surface area contributed by atoms with Crippen molar-refractivity contribution < 1.29 is 18.7 Å². The third-order valence-corrected chi connectivity index (χ3v) is 3.30. The highest BCUT2D eigenvalue weighted by molar-refractivity contribution is 6.02. The molecule has 7 nitrogen and oxygen atoms in total. The van der Waals surface area contributed by atoms with Gasteiger partial charge in [-0.3, -0.25) is 4.79 Å². The number of nitrogens with one attached hydrogen (secondary N) is 1. The van der Waals surface area contributed by atoms with Crippen molar-refractivity contribution in [3.8, 4) is 11.5 Å². The zero-order chi connectivity index (χ0) is 15.5. The first-order valence-electron chi connectivity index (χ1n) is 7.09. The van der Waals surface area contributed by atoms with Crippen molar-refractivity contribution in [1.82, 2.24) is 4.98 Å². The van der Waals surface area contributed by atoms with Gasteiger partial charge in [-0.05, 0) is 18.6 Å². The number of anilines is 1. The van der Waals surface area contributed by atoms with Crippen LogP contribution in [-0.2, 0) is 0 Å². The number of nitrogens with two attached hydrogens (primary N) is 1. The molecule has 0 spiro atoms. The number of aromatic nitrogens is 1. The van der Waals surface area contributed by atoms with Gasteiger partial charge in [0, 0.05) is 11.8 Å². The number of fused-ring (bicyclic) bond motifs is 1. The third-order valence-electron chi connectivity index (χ3n) is 3.30. The molecule has 1 amide bonds. The minimum atomic E-state index is -0.363. The molecular weight excluding hydrogens is 286 g/mol.